The molecule has 0 fully saturated rings. The summed E-state index contributed by atoms with van der Waals surface area (Å²) in [5.74, 6) is 1.51. The molecular formula is C12H20N2OS. The van der Waals surface area contributed by atoms with Crippen molar-refractivity contribution in [1.29, 1.82) is 0 Å². The summed E-state index contributed by atoms with van der Waals surface area (Å²) in [4.78, 5) is 16.0. The third-order valence-electron chi connectivity index (χ3n) is 2.12. The van der Waals surface area contributed by atoms with Crippen molar-refractivity contribution in [3.63, 3.8) is 0 Å². The first-order valence-corrected chi connectivity index (χ1v) is 6.41. The van der Waals surface area contributed by atoms with E-state index < -0.39 is 0 Å². The van der Waals surface area contributed by atoms with Crippen LogP contribution in [-0.2, 0) is 16.6 Å². The molecule has 0 amide bonds. The maximum Gasteiger partial charge on any atom is 0.147 e. The smallest absolute Gasteiger partial charge is 0.147 e. The molecule has 0 aromatic carbocycles. The van der Waals surface area contributed by atoms with Crippen LogP contribution in [0.2, 0.25) is 0 Å². The molecule has 0 unspecified atom stereocenters. The van der Waals surface area contributed by atoms with Crippen molar-refractivity contribution in [2.45, 2.75) is 52.9 Å². The van der Waals surface area contributed by atoms with Gasteiger partial charge in [-0.3, -0.25) is 4.79 Å². The molecule has 0 bridgehead atoms. The molecule has 1 aromatic heterocycles. The summed E-state index contributed by atoms with van der Waals surface area (Å²) >= 11 is 1.35. The summed E-state index contributed by atoms with van der Waals surface area (Å²) in [6.45, 7) is 10.3. The minimum atomic E-state index is -0.0319. The van der Waals surface area contributed by atoms with Gasteiger partial charge in [0.1, 0.15) is 16.6 Å². The highest BCUT2D eigenvalue weighted by atomic mass is 32.1. The van der Waals surface area contributed by atoms with Crippen LogP contribution in [0.1, 0.15) is 51.9 Å². The average Bonchev–Trinajstić information content (AvgIpc) is 2.49. The molecule has 3 nitrogen and oxygen atoms in total. The Balaban J connectivity index is 2.62. The topological polar surface area (TPSA) is 42.9 Å². The van der Waals surface area contributed by atoms with Crippen LogP contribution in [0.25, 0.3) is 0 Å². The van der Waals surface area contributed by atoms with Crippen LogP contribution >= 0.6 is 11.5 Å². The van der Waals surface area contributed by atoms with Gasteiger partial charge in [-0.25, -0.2) is 4.98 Å². The maximum absolute atomic E-state index is 11.6. The van der Waals surface area contributed by atoms with Crippen molar-refractivity contribution in [1.82, 2.24) is 9.36 Å². The molecule has 0 aliphatic carbocycles. The van der Waals surface area contributed by atoms with Gasteiger partial charge in [-0.05, 0) is 17.5 Å². The molecule has 90 valence electrons. The highest BCUT2D eigenvalue weighted by Crippen LogP contribution is 2.21. The van der Waals surface area contributed by atoms with Crippen LogP contribution in [0.5, 0.6) is 0 Å². The van der Waals surface area contributed by atoms with Crippen molar-refractivity contribution < 1.29 is 4.79 Å². The Morgan fingerprint density at radius 1 is 1.38 bits per heavy atom. The van der Waals surface area contributed by atoms with Gasteiger partial charge in [0.25, 0.3) is 0 Å². The van der Waals surface area contributed by atoms with Crippen molar-refractivity contribution in [2.24, 2.45) is 5.92 Å². The number of carbonyl (C=O) groups is 1. The van der Waals surface area contributed by atoms with Crippen LogP contribution < -0.4 is 0 Å². The lowest BCUT2D eigenvalue weighted by Crippen LogP contribution is -2.13. The fraction of sp³-hybridized carbons (Fsp3) is 0.750. The van der Waals surface area contributed by atoms with Crippen LogP contribution in [0.4, 0.5) is 0 Å². The largest absolute Gasteiger partial charge is 0.299 e. The van der Waals surface area contributed by atoms with Gasteiger partial charge in [-0.2, -0.15) is 4.37 Å². The fourth-order valence-corrected chi connectivity index (χ4v) is 2.19. The molecule has 0 N–H and O–H groups in total. The van der Waals surface area contributed by atoms with E-state index in [2.05, 4.69) is 44.0 Å². The second-order valence-corrected chi connectivity index (χ2v) is 6.41. The van der Waals surface area contributed by atoms with E-state index in [1.807, 2.05) is 0 Å². The van der Waals surface area contributed by atoms with Gasteiger partial charge in [-0.15, -0.1) is 0 Å². The average molecular weight is 240 g/mol. The van der Waals surface area contributed by atoms with E-state index in [0.29, 0.717) is 18.8 Å². The molecule has 0 aliphatic heterocycles. The van der Waals surface area contributed by atoms with Crippen molar-refractivity contribution >= 4 is 17.3 Å². The van der Waals surface area contributed by atoms with E-state index in [0.717, 1.165) is 10.8 Å². The standard InChI is InChI=1S/C12H20N2OS/c1-8(2)6-9(15)7-10-13-11(14-16-10)12(3,4)5/h8H,6-7H2,1-5H3. The Morgan fingerprint density at radius 3 is 2.44 bits per heavy atom. The number of carbonyl (C=O) groups excluding carboxylic acids is 1. The van der Waals surface area contributed by atoms with Crippen molar-refractivity contribution in [2.75, 3.05) is 0 Å². The first-order valence-electron chi connectivity index (χ1n) is 5.64. The van der Waals surface area contributed by atoms with Gasteiger partial charge in [0.15, 0.2) is 0 Å². The first-order chi connectivity index (χ1) is 7.29. The Bertz CT molecular complexity index is 363. The second kappa shape index (κ2) is 5.04. The number of Topliss-reactive ketones (excluding diaryl/α,β-unsaturated/α-hetero) is 1. The van der Waals surface area contributed by atoms with E-state index in [-0.39, 0.29) is 11.2 Å². The molecule has 0 saturated carbocycles. The third-order valence-corrected chi connectivity index (χ3v) is 2.83. The predicted octanol–water partition coefficient (Wildman–Crippen LogP) is 2.99. The minimum absolute atomic E-state index is 0.0319. The Hall–Kier alpha value is -0.770. The summed E-state index contributed by atoms with van der Waals surface area (Å²) in [5.41, 5.74) is -0.0319. The normalized spacial score (nSPS) is 12.1. The minimum Gasteiger partial charge on any atom is -0.299 e. The van der Waals surface area contributed by atoms with Gasteiger partial charge in [-0.1, -0.05) is 34.6 Å². The lowest BCUT2D eigenvalue weighted by atomic mass is 9.96. The Labute approximate surface area is 101 Å². The zero-order valence-electron chi connectivity index (χ0n) is 10.7. The molecule has 1 rings (SSSR count). The quantitative estimate of drug-likeness (QED) is 0.812. The summed E-state index contributed by atoms with van der Waals surface area (Å²) < 4.78 is 4.30. The summed E-state index contributed by atoms with van der Waals surface area (Å²) in [6.07, 6.45) is 1.07. The van der Waals surface area contributed by atoms with Gasteiger partial charge in [0.05, 0.1) is 6.42 Å². The molecular weight excluding hydrogens is 220 g/mol. The molecule has 0 atom stereocenters. The number of hydrogen-bond donors (Lipinski definition) is 0. The second-order valence-electron chi connectivity index (χ2n) is 5.58. The highest BCUT2D eigenvalue weighted by molar-refractivity contribution is 7.05. The maximum atomic E-state index is 11.6. The number of hydrogen-bond acceptors (Lipinski definition) is 4. The fourth-order valence-electron chi connectivity index (χ4n) is 1.33. The summed E-state index contributed by atoms with van der Waals surface area (Å²) in [5, 5.41) is 0.843. The van der Waals surface area contributed by atoms with E-state index >= 15 is 0 Å². The lowest BCUT2D eigenvalue weighted by molar-refractivity contribution is -0.119. The Morgan fingerprint density at radius 2 is 2.00 bits per heavy atom. The van der Waals surface area contributed by atoms with E-state index in [4.69, 9.17) is 0 Å². The Kier molecular flexibility index (Phi) is 4.19. The summed E-state index contributed by atoms with van der Waals surface area (Å²) in [7, 11) is 0. The molecule has 0 aliphatic rings. The number of nitrogens with zero attached hydrogens (tertiary/aromatic N) is 2. The number of rotatable bonds is 4. The van der Waals surface area contributed by atoms with Crippen molar-refractivity contribution in [3.05, 3.63) is 10.8 Å². The lowest BCUT2D eigenvalue weighted by Gasteiger charge is -2.12. The highest BCUT2D eigenvalue weighted by Gasteiger charge is 2.20. The van der Waals surface area contributed by atoms with E-state index in [9.17, 15) is 4.79 Å². The molecule has 0 saturated heterocycles. The van der Waals surface area contributed by atoms with Gasteiger partial charge in [0.2, 0.25) is 0 Å². The molecule has 16 heavy (non-hydrogen) atoms. The SMILES string of the molecule is CC(C)CC(=O)Cc1nc(C(C)(C)C)ns1. The van der Waals surface area contributed by atoms with Crippen LogP contribution in [0, 0.1) is 5.92 Å². The van der Waals surface area contributed by atoms with Crippen LogP contribution in [-0.4, -0.2) is 15.1 Å². The van der Waals surface area contributed by atoms with E-state index in [1.165, 1.54) is 11.5 Å². The van der Waals surface area contributed by atoms with Gasteiger partial charge in [0, 0.05) is 11.8 Å². The van der Waals surface area contributed by atoms with Gasteiger partial charge < -0.3 is 0 Å². The zero-order valence-corrected chi connectivity index (χ0v) is 11.5. The molecule has 0 radical (unpaired) electrons. The zero-order chi connectivity index (χ0) is 12.3. The van der Waals surface area contributed by atoms with Crippen LogP contribution in [0.15, 0.2) is 0 Å². The molecule has 1 heterocycles. The number of ketones is 1. The molecule has 1 aromatic rings. The predicted molar refractivity (Wildman–Crippen MR) is 66.8 cm³/mol. The number of aromatic nitrogens is 2. The molecule has 4 heteroatoms. The van der Waals surface area contributed by atoms with E-state index in [1.54, 1.807) is 0 Å². The van der Waals surface area contributed by atoms with Crippen molar-refractivity contribution in [3.8, 4) is 0 Å². The monoisotopic (exact) mass is 240 g/mol. The van der Waals surface area contributed by atoms with Crippen LogP contribution in [0.3, 0.4) is 0 Å². The molecule has 0 spiro atoms. The first kappa shape index (κ1) is 13.3. The summed E-state index contributed by atoms with van der Waals surface area (Å²) in [6, 6.07) is 0. The third kappa shape index (κ3) is 4.00. The van der Waals surface area contributed by atoms with Gasteiger partial charge >= 0.3 is 0 Å².